The molecule has 10 N–H and O–H groups in total. The van der Waals surface area contributed by atoms with E-state index >= 15 is 0 Å². The highest BCUT2D eigenvalue weighted by atomic mass is 16.7. The summed E-state index contributed by atoms with van der Waals surface area (Å²) >= 11 is 0. The topological polar surface area (TPSA) is 306 Å². The standard InChI is InChI=1S/C48H48N4O15/c49-37-14-13-29(52-37)39(56)36(21-53)63-25-11-9-23(10-12-25)33-18-32(55)38-34(64-33)19-35(41(40(38)57)67-47-16-3-5-24(47)4-1-6-26-27(47)7-2-8-31(26)54)65-45-46(61)17-15-28(30-20-50-22-51-30)48(62,44(46)60)42(66-45)43(58)59/h2,7-15,17-19,22,24,28,33,36,39,42,44-45,49,53-57,60-62H,1,3-6,16,20-21H2,(H,58,59). The number of carboxylic acid groups (broad SMARTS) is 1. The number of benzene rings is 3. The fraction of sp³-hybridized carbons (Fsp3) is 0.396. The first kappa shape index (κ1) is 44.2. The van der Waals surface area contributed by atoms with Crippen LogP contribution >= 0.6 is 0 Å². The molecule has 0 amide bonds. The number of aliphatic hydroxyl groups is 6. The van der Waals surface area contributed by atoms with Crippen molar-refractivity contribution in [3.8, 4) is 34.5 Å². The molecule has 7 aliphatic rings. The number of phenols is 2. The van der Waals surface area contributed by atoms with E-state index in [1.807, 2.05) is 6.07 Å². The largest absolute Gasteiger partial charge is 0.508 e. The molecule has 19 heteroatoms. The average molecular weight is 921 g/mol. The fourth-order valence-corrected chi connectivity index (χ4v) is 10.7. The van der Waals surface area contributed by atoms with Crippen molar-refractivity contribution in [3.05, 3.63) is 101 Å². The molecule has 1 saturated heterocycles. The van der Waals surface area contributed by atoms with E-state index in [2.05, 4.69) is 15.0 Å². The van der Waals surface area contributed by atoms with Gasteiger partial charge in [-0.05, 0) is 80.5 Å². The van der Waals surface area contributed by atoms with Gasteiger partial charge in [0.05, 0.1) is 30.5 Å². The van der Waals surface area contributed by atoms with Crippen molar-refractivity contribution in [2.75, 3.05) is 13.2 Å². The van der Waals surface area contributed by atoms with Gasteiger partial charge < -0.3 is 69.6 Å². The summed E-state index contributed by atoms with van der Waals surface area (Å²) in [5.74, 6) is -4.64. The predicted octanol–water partition coefficient (Wildman–Crippen LogP) is 3.31. The third-order valence-electron chi connectivity index (χ3n) is 14.0. The number of aromatic hydroxyl groups is 2. The van der Waals surface area contributed by atoms with E-state index in [-0.39, 0.29) is 64.0 Å². The van der Waals surface area contributed by atoms with Crippen LogP contribution in [0.25, 0.3) is 5.76 Å². The SMILES string of the molecule is N=C1C=CC(C(O)C(CO)Oc2ccc(C3C=C(O)c4c(cc(OC5OC(C(=O)O)C6(O)C(C7=NC=NC7)C=CC5(O)C6O)c(OC56CCCC5CCCc5c(O)cccc56)c4O)O3)cc2)=N1. The van der Waals surface area contributed by atoms with Gasteiger partial charge in [-0.2, -0.15) is 0 Å². The Morgan fingerprint density at radius 1 is 1.04 bits per heavy atom. The maximum absolute atomic E-state index is 12.9. The number of phenolic OH excluding ortho intramolecular Hbond substituents is 2. The third-order valence-corrected chi connectivity index (χ3v) is 14.0. The molecule has 2 fully saturated rings. The molecule has 0 aromatic heterocycles. The molecule has 3 aromatic rings. The molecule has 4 aliphatic heterocycles. The summed E-state index contributed by atoms with van der Waals surface area (Å²) in [4.78, 5) is 25.0. The van der Waals surface area contributed by atoms with Crippen LogP contribution in [0.3, 0.4) is 0 Å². The number of fused-ring (bicyclic) bond motifs is 6. The highest BCUT2D eigenvalue weighted by molar-refractivity contribution is 6.15. The molecule has 0 spiro atoms. The van der Waals surface area contributed by atoms with Gasteiger partial charge in [0.1, 0.15) is 70.3 Å². The van der Waals surface area contributed by atoms with Crippen LogP contribution in [-0.2, 0) is 21.6 Å². The van der Waals surface area contributed by atoms with E-state index < -0.39 is 83.6 Å². The molecule has 3 aromatic carbocycles. The molecule has 19 nitrogen and oxygen atoms in total. The lowest BCUT2D eigenvalue weighted by Gasteiger charge is -2.55. The highest BCUT2D eigenvalue weighted by Gasteiger charge is 2.70. The quantitative estimate of drug-likeness (QED) is 0.117. The van der Waals surface area contributed by atoms with Gasteiger partial charge in [-0.15, -0.1) is 0 Å². The molecule has 350 valence electrons. The molecule has 1 saturated carbocycles. The smallest absolute Gasteiger partial charge is 0.336 e. The van der Waals surface area contributed by atoms with Gasteiger partial charge >= 0.3 is 5.97 Å². The van der Waals surface area contributed by atoms with Crippen LogP contribution < -0.4 is 18.9 Å². The molecule has 4 heterocycles. The van der Waals surface area contributed by atoms with E-state index in [4.69, 9.17) is 29.1 Å². The Bertz CT molecular complexity index is 2720. The number of amidine groups is 1. The number of carbonyl (C=O) groups is 1. The Kier molecular flexibility index (Phi) is 11.0. The Labute approximate surface area is 382 Å². The van der Waals surface area contributed by atoms with E-state index in [1.54, 1.807) is 36.4 Å². The molecule has 0 radical (unpaired) electrons. The second kappa shape index (κ2) is 16.6. The molecular weight excluding hydrogens is 873 g/mol. The van der Waals surface area contributed by atoms with Crippen molar-refractivity contribution in [2.45, 2.75) is 92.1 Å². The molecule has 11 atom stereocenters. The van der Waals surface area contributed by atoms with E-state index in [0.717, 1.165) is 25.3 Å². The molecule has 3 aliphatic carbocycles. The zero-order valence-electron chi connectivity index (χ0n) is 35.7. The third kappa shape index (κ3) is 7.15. The van der Waals surface area contributed by atoms with Gasteiger partial charge in [0, 0.05) is 29.2 Å². The van der Waals surface area contributed by atoms with Gasteiger partial charge in [0.25, 0.3) is 0 Å². The second-order valence-electron chi connectivity index (χ2n) is 17.8. The van der Waals surface area contributed by atoms with Gasteiger partial charge in [-0.1, -0.05) is 30.3 Å². The summed E-state index contributed by atoms with van der Waals surface area (Å²) in [6, 6.07) is 12.8. The first-order valence-electron chi connectivity index (χ1n) is 22.0. The number of aliphatic hydroxyl groups excluding tert-OH is 4. The van der Waals surface area contributed by atoms with E-state index in [9.17, 15) is 50.8 Å². The first-order chi connectivity index (χ1) is 32.2. The predicted molar refractivity (Wildman–Crippen MR) is 237 cm³/mol. The number of nitrogens with one attached hydrogen (secondary N) is 1. The van der Waals surface area contributed by atoms with Crippen molar-refractivity contribution in [3.63, 3.8) is 0 Å². The zero-order valence-corrected chi connectivity index (χ0v) is 35.7. The lowest BCUT2D eigenvalue weighted by molar-refractivity contribution is -0.337. The number of aliphatic carboxylic acids is 1. The number of nitrogens with zero attached hydrogens (tertiary/aromatic N) is 3. The fourth-order valence-electron chi connectivity index (χ4n) is 10.7. The summed E-state index contributed by atoms with van der Waals surface area (Å²) in [5.41, 5.74) is -4.36. The van der Waals surface area contributed by atoms with Gasteiger partial charge in [0.2, 0.25) is 12.0 Å². The van der Waals surface area contributed by atoms with Crippen molar-refractivity contribution in [1.29, 1.82) is 5.41 Å². The Hall–Kier alpha value is -6.61. The summed E-state index contributed by atoms with van der Waals surface area (Å²) in [5, 5.41) is 110. The molecule has 2 bridgehead atoms. The minimum Gasteiger partial charge on any atom is -0.508 e. The van der Waals surface area contributed by atoms with Crippen LogP contribution in [0.5, 0.6) is 34.5 Å². The van der Waals surface area contributed by atoms with Gasteiger partial charge in [-0.3, -0.25) is 10.4 Å². The highest BCUT2D eigenvalue weighted by Crippen LogP contribution is 2.59. The van der Waals surface area contributed by atoms with E-state index in [0.29, 0.717) is 36.0 Å². The maximum Gasteiger partial charge on any atom is 0.336 e. The number of ether oxygens (including phenoxy) is 5. The Balaban J connectivity index is 1.03. The average Bonchev–Trinajstić information content (AvgIpc) is 4.08. The van der Waals surface area contributed by atoms with Crippen LogP contribution in [-0.4, -0.2) is 131 Å². The van der Waals surface area contributed by atoms with Crippen LogP contribution in [0.1, 0.15) is 60.5 Å². The molecule has 11 unspecified atom stereocenters. The maximum atomic E-state index is 12.9. The number of rotatable bonds is 12. The van der Waals surface area contributed by atoms with Crippen LogP contribution in [0.4, 0.5) is 0 Å². The normalized spacial score (nSPS) is 32.1. The summed E-state index contributed by atoms with van der Waals surface area (Å²) in [7, 11) is 0. The number of hydrogen-bond donors (Lipinski definition) is 10. The van der Waals surface area contributed by atoms with Gasteiger partial charge in [0.15, 0.2) is 29.3 Å². The number of hydrogen-bond acceptors (Lipinski definition) is 17. The Morgan fingerprint density at radius 2 is 1.84 bits per heavy atom. The zero-order chi connectivity index (χ0) is 47.0. The van der Waals surface area contributed by atoms with E-state index in [1.165, 1.54) is 36.7 Å². The molecule has 10 rings (SSSR count). The lowest BCUT2D eigenvalue weighted by atomic mass is 9.64. The monoisotopic (exact) mass is 920 g/mol. The minimum absolute atomic E-state index is 0.00403. The van der Waals surface area contributed by atoms with Gasteiger partial charge in [-0.25, -0.2) is 14.8 Å². The molecule has 67 heavy (non-hydrogen) atoms. The first-order valence-corrected chi connectivity index (χ1v) is 22.0. The molecular formula is C48H48N4O15. The minimum atomic E-state index is -2.65. The summed E-state index contributed by atoms with van der Waals surface area (Å²) in [6.07, 6.45) is 1.85. The number of carboxylic acids is 1. The second-order valence-corrected chi connectivity index (χ2v) is 17.8. The van der Waals surface area contributed by atoms with Crippen LogP contribution in [0.15, 0.2) is 93.9 Å². The van der Waals surface area contributed by atoms with Crippen LogP contribution in [0.2, 0.25) is 0 Å². The van der Waals surface area contributed by atoms with Crippen molar-refractivity contribution in [2.24, 2.45) is 26.8 Å². The Morgan fingerprint density at radius 3 is 2.55 bits per heavy atom. The lowest BCUT2D eigenvalue weighted by Crippen LogP contribution is -2.78. The van der Waals surface area contributed by atoms with Crippen molar-refractivity contribution in [1.82, 2.24) is 0 Å². The van der Waals surface area contributed by atoms with Crippen LogP contribution in [0, 0.1) is 17.2 Å². The number of aliphatic imine (C=N–C) groups is 3. The summed E-state index contributed by atoms with van der Waals surface area (Å²) < 4.78 is 31.6. The van der Waals surface area contributed by atoms with Crippen molar-refractivity contribution >= 4 is 35.3 Å². The summed E-state index contributed by atoms with van der Waals surface area (Å²) in [6.45, 7) is -0.565. The van der Waals surface area contributed by atoms with Crippen molar-refractivity contribution < 1.29 is 74.4 Å².